The molecule has 55 heavy (non-hydrogen) atoms. The summed E-state index contributed by atoms with van der Waals surface area (Å²) in [6, 6.07) is 29.4. The number of hydrogen-bond donors (Lipinski definition) is 3. The molecular formula is C44H37N5O6. The molecule has 5 heterocycles. The second kappa shape index (κ2) is 13.8. The van der Waals surface area contributed by atoms with Crippen molar-refractivity contribution in [3.8, 4) is 11.3 Å². The highest BCUT2D eigenvalue weighted by atomic mass is 16.5. The summed E-state index contributed by atoms with van der Waals surface area (Å²) in [5.74, 6) is -1.41. The first-order valence-electron chi connectivity index (χ1n) is 18.0. The first-order chi connectivity index (χ1) is 26.6. The van der Waals surface area contributed by atoms with Crippen molar-refractivity contribution in [3.05, 3.63) is 166 Å². The number of carbonyl (C=O) groups is 4. The maximum atomic E-state index is 14.1. The molecule has 2 aliphatic rings. The number of fused-ring (bicyclic) bond motifs is 1. The number of aromatic amines is 2. The third kappa shape index (κ3) is 6.23. The number of allylic oxidation sites excluding steroid dienone is 1. The maximum absolute atomic E-state index is 14.1. The van der Waals surface area contributed by atoms with Gasteiger partial charge in [0.1, 0.15) is 16.7 Å². The monoisotopic (exact) mass is 731 g/mol. The third-order valence-corrected chi connectivity index (χ3v) is 10.8. The molecule has 6 aromatic rings. The van der Waals surface area contributed by atoms with Crippen LogP contribution in [-0.2, 0) is 33.4 Å². The van der Waals surface area contributed by atoms with Gasteiger partial charge in [-0.1, -0.05) is 71.9 Å². The SMILES string of the molecule is Cc1cc(C(=O)C(CC(=O)O)(c2ccc(C3(C)N=CC=C3C(=O)Cc3ccc(-c4cc(C(=O)N5CCc6ccccc65)c[nH]4)cc3)cc2)c2ccc[nH]2)no1. The molecule has 11 nitrogen and oxygen atoms in total. The molecule has 0 bridgehead atoms. The number of H-pyrrole nitrogens is 2. The van der Waals surface area contributed by atoms with Crippen molar-refractivity contribution in [2.45, 2.75) is 44.1 Å². The summed E-state index contributed by atoms with van der Waals surface area (Å²) < 4.78 is 5.18. The summed E-state index contributed by atoms with van der Waals surface area (Å²) >= 11 is 0. The lowest BCUT2D eigenvalue weighted by atomic mass is 9.70. The fraction of sp³-hybridized carbons (Fsp3) is 0.182. The van der Waals surface area contributed by atoms with Crippen LogP contribution in [0.2, 0.25) is 0 Å². The molecule has 0 radical (unpaired) electrons. The second-order valence-corrected chi connectivity index (χ2v) is 14.2. The average molecular weight is 732 g/mol. The molecule has 2 atom stereocenters. The Morgan fingerprint density at radius 1 is 0.945 bits per heavy atom. The van der Waals surface area contributed by atoms with Gasteiger partial charge in [-0.2, -0.15) is 0 Å². The lowest BCUT2D eigenvalue weighted by Gasteiger charge is -2.31. The quantitative estimate of drug-likeness (QED) is 0.112. The number of nitrogens with one attached hydrogen (secondary N) is 2. The second-order valence-electron chi connectivity index (χ2n) is 14.2. The van der Waals surface area contributed by atoms with E-state index in [1.807, 2.05) is 60.4 Å². The van der Waals surface area contributed by atoms with Gasteiger partial charge >= 0.3 is 5.97 Å². The minimum Gasteiger partial charge on any atom is -0.481 e. The highest BCUT2D eigenvalue weighted by Crippen LogP contribution is 2.42. The zero-order chi connectivity index (χ0) is 38.3. The van der Waals surface area contributed by atoms with Gasteiger partial charge in [0.05, 0.1) is 12.0 Å². The standard InChI is InChI=1S/C44H37N5O6/c1-27-22-36(48-55-27)41(53)44(25-40(51)52,39-8-5-19-45-39)33-15-13-32(14-16-33)43(2)34(17-20-47-43)38(50)23-28-9-11-29(12-10-28)35-24-31(26-46-35)42(54)49-21-18-30-6-3-4-7-37(30)49/h3-17,19-20,22,24,26,45-46H,18,21,23,25H2,1-2H3,(H,51,52). The largest absolute Gasteiger partial charge is 0.481 e. The number of rotatable bonds is 12. The molecule has 0 saturated heterocycles. The number of benzene rings is 3. The molecule has 0 spiro atoms. The Morgan fingerprint density at radius 2 is 1.73 bits per heavy atom. The molecule has 3 N–H and O–H groups in total. The van der Waals surface area contributed by atoms with Crippen LogP contribution in [0.25, 0.3) is 11.3 Å². The molecule has 3 aromatic carbocycles. The summed E-state index contributed by atoms with van der Waals surface area (Å²) in [5.41, 5.74) is 4.66. The van der Waals surface area contributed by atoms with Gasteiger partial charge in [-0.3, -0.25) is 24.2 Å². The van der Waals surface area contributed by atoms with Gasteiger partial charge in [0.25, 0.3) is 5.91 Å². The number of aliphatic carboxylic acids is 1. The number of carboxylic acid groups (broad SMARTS) is 1. The van der Waals surface area contributed by atoms with E-state index in [4.69, 9.17) is 9.52 Å². The number of carboxylic acids is 1. The molecule has 1 amide bonds. The normalized spacial score (nSPS) is 17.1. The fourth-order valence-corrected chi connectivity index (χ4v) is 7.84. The van der Waals surface area contributed by atoms with Crippen LogP contribution < -0.4 is 4.90 Å². The topological polar surface area (TPSA) is 162 Å². The van der Waals surface area contributed by atoms with E-state index < -0.39 is 29.1 Å². The number of Topliss-reactive ketones (excluding diaryl/α,β-unsaturated/α-hetero) is 2. The molecule has 11 heteroatoms. The number of aromatic nitrogens is 3. The molecule has 0 aliphatic carbocycles. The van der Waals surface area contributed by atoms with Gasteiger partial charge in [-0.25, -0.2) is 0 Å². The Hall–Kier alpha value is -6.88. The number of para-hydroxylation sites is 1. The van der Waals surface area contributed by atoms with E-state index in [-0.39, 0.29) is 23.8 Å². The zero-order valence-electron chi connectivity index (χ0n) is 30.2. The van der Waals surface area contributed by atoms with Crippen LogP contribution >= 0.6 is 0 Å². The van der Waals surface area contributed by atoms with Crippen molar-refractivity contribution >= 4 is 35.3 Å². The number of nitrogens with zero attached hydrogens (tertiary/aromatic N) is 3. The number of anilines is 1. The van der Waals surface area contributed by atoms with Crippen LogP contribution in [0.3, 0.4) is 0 Å². The van der Waals surface area contributed by atoms with Crippen LogP contribution in [0.4, 0.5) is 5.69 Å². The van der Waals surface area contributed by atoms with Crippen molar-refractivity contribution < 1.29 is 28.8 Å². The van der Waals surface area contributed by atoms with Gasteiger partial charge in [-0.05, 0) is 78.4 Å². The molecule has 2 unspecified atom stereocenters. The first-order valence-corrected chi connectivity index (χ1v) is 18.0. The molecule has 2 aliphatic heterocycles. The predicted octanol–water partition coefficient (Wildman–Crippen LogP) is 7.19. The van der Waals surface area contributed by atoms with E-state index in [0.717, 1.165) is 28.9 Å². The molecule has 8 rings (SSSR count). The lowest BCUT2D eigenvalue weighted by Crippen LogP contribution is -2.40. The van der Waals surface area contributed by atoms with E-state index in [9.17, 15) is 24.3 Å². The molecular weight excluding hydrogens is 695 g/mol. The lowest BCUT2D eigenvalue weighted by molar-refractivity contribution is -0.137. The molecule has 0 saturated carbocycles. The van der Waals surface area contributed by atoms with Gasteiger partial charge < -0.3 is 24.5 Å². The van der Waals surface area contributed by atoms with Crippen LogP contribution in [0, 0.1) is 6.92 Å². The van der Waals surface area contributed by atoms with Gasteiger partial charge in [0.15, 0.2) is 11.5 Å². The van der Waals surface area contributed by atoms with E-state index in [2.05, 4.69) is 21.2 Å². The minimum atomic E-state index is -1.63. The van der Waals surface area contributed by atoms with Crippen LogP contribution in [0.1, 0.15) is 67.9 Å². The summed E-state index contributed by atoms with van der Waals surface area (Å²) in [5, 5.41) is 14.0. The summed E-state index contributed by atoms with van der Waals surface area (Å²) in [6.45, 7) is 4.18. The average Bonchev–Trinajstić information content (AvgIpc) is 4.05. The summed E-state index contributed by atoms with van der Waals surface area (Å²) in [7, 11) is 0. The smallest absolute Gasteiger partial charge is 0.305 e. The van der Waals surface area contributed by atoms with Gasteiger partial charge in [-0.15, -0.1) is 0 Å². The minimum absolute atomic E-state index is 0.0189. The van der Waals surface area contributed by atoms with Crippen molar-refractivity contribution in [1.82, 2.24) is 15.1 Å². The third-order valence-electron chi connectivity index (χ3n) is 10.8. The van der Waals surface area contributed by atoms with E-state index >= 15 is 0 Å². The summed E-state index contributed by atoms with van der Waals surface area (Å²) in [6.07, 6.45) is 7.17. The van der Waals surface area contributed by atoms with Crippen molar-refractivity contribution in [2.75, 3.05) is 11.4 Å². The number of aliphatic imine (C=N–C) groups is 1. The Bertz CT molecular complexity index is 2510. The van der Waals surface area contributed by atoms with Crippen LogP contribution in [0.15, 0.2) is 131 Å². The van der Waals surface area contributed by atoms with Gasteiger partial charge in [0, 0.05) is 60.3 Å². The van der Waals surface area contributed by atoms with Crippen LogP contribution in [0.5, 0.6) is 0 Å². The van der Waals surface area contributed by atoms with Crippen molar-refractivity contribution in [2.24, 2.45) is 4.99 Å². The van der Waals surface area contributed by atoms with E-state index in [1.165, 1.54) is 11.6 Å². The zero-order valence-corrected chi connectivity index (χ0v) is 30.2. The van der Waals surface area contributed by atoms with E-state index in [0.29, 0.717) is 40.3 Å². The fourth-order valence-electron chi connectivity index (χ4n) is 7.84. The van der Waals surface area contributed by atoms with Crippen LogP contribution in [-0.4, -0.2) is 56.4 Å². The first kappa shape index (κ1) is 35.2. The Kier molecular flexibility index (Phi) is 8.84. The number of ketones is 2. The molecule has 0 fully saturated rings. The Morgan fingerprint density at radius 3 is 2.44 bits per heavy atom. The number of carbonyl (C=O) groups excluding carboxylic acids is 3. The summed E-state index contributed by atoms with van der Waals surface area (Å²) in [4.78, 5) is 66.5. The van der Waals surface area contributed by atoms with Crippen molar-refractivity contribution in [3.63, 3.8) is 0 Å². The number of amides is 1. The van der Waals surface area contributed by atoms with Crippen molar-refractivity contribution in [1.29, 1.82) is 0 Å². The molecule has 3 aromatic heterocycles. The predicted molar refractivity (Wildman–Crippen MR) is 207 cm³/mol. The maximum Gasteiger partial charge on any atom is 0.305 e. The number of aryl methyl sites for hydroxylation is 1. The number of hydrogen-bond acceptors (Lipinski definition) is 7. The molecule has 274 valence electrons. The van der Waals surface area contributed by atoms with E-state index in [1.54, 1.807) is 68.0 Å². The van der Waals surface area contributed by atoms with Gasteiger partial charge in [0.2, 0.25) is 5.78 Å². The highest BCUT2D eigenvalue weighted by molar-refractivity contribution is 6.08. The Labute approximate surface area is 316 Å². The Balaban J connectivity index is 0.997. The highest BCUT2D eigenvalue weighted by Gasteiger charge is 2.47.